The summed E-state index contributed by atoms with van der Waals surface area (Å²) in [7, 11) is 0. The summed E-state index contributed by atoms with van der Waals surface area (Å²) in [6.07, 6.45) is 1.68. The van der Waals surface area contributed by atoms with Gasteiger partial charge in [0.1, 0.15) is 5.60 Å². The van der Waals surface area contributed by atoms with E-state index >= 15 is 0 Å². The molecule has 0 aliphatic carbocycles. The zero-order valence-corrected chi connectivity index (χ0v) is 10.1. The maximum atomic E-state index is 11.0. The van der Waals surface area contributed by atoms with E-state index in [1.165, 1.54) is 0 Å². The van der Waals surface area contributed by atoms with E-state index in [0.29, 0.717) is 0 Å². The van der Waals surface area contributed by atoms with Gasteiger partial charge in [0, 0.05) is 0 Å². The lowest BCUT2D eigenvalue weighted by Gasteiger charge is -2.29. The van der Waals surface area contributed by atoms with E-state index in [1.54, 1.807) is 0 Å². The van der Waals surface area contributed by atoms with E-state index < -0.39 is 5.60 Å². The number of benzene rings is 2. The van der Waals surface area contributed by atoms with E-state index in [0.717, 1.165) is 24.0 Å². The molecule has 0 fully saturated rings. The Kier molecular flexibility index (Phi) is 3.60. The van der Waals surface area contributed by atoms with Gasteiger partial charge in [0.05, 0.1) is 0 Å². The van der Waals surface area contributed by atoms with Crippen LogP contribution in [0.5, 0.6) is 0 Å². The molecule has 0 atom stereocenters. The van der Waals surface area contributed by atoms with Crippen LogP contribution in [0, 0.1) is 0 Å². The molecule has 2 rings (SSSR count). The summed E-state index contributed by atoms with van der Waals surface area (Å²) in [4.78, 5) is 0. The van der Waals surface area contributed by atoms with Crippen molar-refractivity contribution in [2.24, 2.45) is 0 Å². The summed E-state index contributed by atoms with van der Waals surface area (Å²) in [5, 5.41) is 11.0. The Morgan fingerprint density at radius 2 is 1.24 bits per heavy atom. The minimum absolute atomic E-state index is 0.737. The van der Waals surface area contributed by atoms with Crippen LogP contribution in [0.15, 0.2) is 60.7 Å². The molecular formula is C16H18O. The van der Waals surface area contributed by atoms with Crippen LogP contribution in [0.25, 0.3) is 0 Å². The first-order chi connectivity index (χ1) is 8.27. The Morgan fingerprint density at radius 1 is 0.824 bits per heavy atom. The molecule has 88 valence electrons. The highest BCUT2D eigenvalue weighted by molar-refractivity contribution is 5.35. The lowest BCUT2D eigenvalue weighted by molar-refractivity contribution is 0.0702. The van der Waals surface area contributed by atoms with E-state index in [-0.39, 0.29) is 0 Å². The molecule has 17 heavy (non-hydrogen) atoms. The fourth-order valence-electron chi connectivity index (χ4n) is 2.24. The predicted octanol–water partition coefficient (Wildman–Crippen LogP) is 3.72. The zero-order chi connectivity index (χ0) is 12.1. The van der Waals surface area contributed by atoms with Gasteiger partial charge in [-0.1, -0.05) is 74.0 Å². The predicted molar refractivity (Wildman–Crippen MR) is 70.8 cm³/mol. The van der Waals surface area contributed by atoms with Crippen molar-refractivity contribution < 1.29 is 5.11 Å². The molecule has 1 N–H and O–H groups in total. The third-order valence-corrected chi connectivity index (χ3v) is 3.11. The lowest BCUT2D eigenvalue weighted by Crippen LogP contribution is -2.26. The maximum Gasteiger partial charge on any atom is 0.115 e. The van der Waals surface area contributed by atoms with Crippen molar-refractivity contribution in [3.63, 3.8) is 0 Å². The van der Waals surface area contributed by atoms with Gasteiger partial charge in [-0.15, -0.1) is 0 Å². The van der Waals surface area contributed by atoms with Gasteiger partial charge in [-0.05, 0) is 17.5 Å². The first-order valence-corrected chi connectivity index (χ1v) is 6.11. The van der Waals surface area contributed by atoms with Crippen molar-refractivity contribution in [1.82, 2.24) is 0 Å². The number of aliphatic hydroxyl groups is 1. The quantitative estimate of drug-likeness (QED) is 0.842. The van der Waals surface area contributed by atoms with Crippen molar-refractivity contribution in [1.29, 1.82) is 0 Å². The standard InChI is InChI=1S/C16H18O/c1-2-13-16(17,14-9-5-3-6-10-14)15-11-7-4-8-12-15/h3-12,17H,2,13H2,1H3. The fraction of sp³-hybridized carbons (Fsp3) is 0.250. The van der Waals surface area contributed by atoms with E-state index in [9.17, 15) is 5.11 Å². The molecule has 0 unspecified atom stereocenters. The summed E-state index contributed by atoms with van der Waals surface area (Å²) in [5.74, 6) is 0. The maximum absolute atomic E-state index is 11.0. The van der Waals surface area contributed by atoms with Crippen molar-refractivity contribution in [3.05, 3.63) is 71.8 Å². The Bertz CT molecular complexity index is 408. The second-order valence-corrected chi connectivity index (χ2v) is 4.34. The van der Waals surface area contributed by atoms with Gasteiger partial charge in [-0.3, -0.25) is 0 Å². The van der Waals surface area contributed by atoms with Crippen molar-refractivity contribution in [2.45, 2.75) is 25.4 Å². The van der Waals surface area contributed by atoms with E-state index in [4.69, 9.17) is 0 Å². The summed E-state index contributed by atoms with van der Waals surface area (Å²) >= 11 is 0. The van der Waals surface area contributed by atoms with Crippen LogP contribution in [0.4, 0.5) is 0 Å². The minimum Gasteiger partial charge on any atom is -0.380 e. The van der Waals surface area contributed by atoms with Crippen LogP contribution in [0.2, 0.25) is 0 Å². The molecule has 0 bridgehead atoms. The summed E-state index contributed by atoms with van der Waals surface area (Å²) in [6, 6.07) is 19.8. The van der Waals surface area contributed by atoms with Crippen LogP contribution in [0.1, 0.15) is 30.9 Å². The average Bonchev–Trinajstić information content (AvgIpc) is 2.41. The molecule has 1 heteroatoms. The van der Waals surface area contributed by atoms with Gasteiger partial charge in [0.25, 0.3) is 0 Å². The van der Waals surface area contributed by atoms with Crippen molar-refractivity contribution >= 4 is 0 Å². The van der Waals surface area contributed by atoms with Crippen LogP contribution in [-0.4, -0.2) is 5.11 Å². The molecule has 0 spiro atoms. The molecule has 2 aromatic rings. The molecular weight excluding hydrogens is 208 g/mol. The molecule has 1 nitrogen and oxygen atoms in total. The van der Waals surface area contributed by atoms with Crippen LogP contribution >= 0.6 is 0 Å². The van der Waals surface area contributed by atoms with Crippen LogP contribution < -0.4 is 0 Å². The van der Waals surface area contributed by atoms with E-state index in [1.807, 2.05) is 60.7 Å². The Balaban J connectivity index is 2.47. The average molecular weight is 226 g/mol. The van der Waals surface area contributed by atoms with Crippen LogP contribution in [0.3, 0.4) is 0 Å². The third kappa shape index (κ3) is 2.40. The molecule has 0 amide bonds. The Morgan fingerprint density at radius 3 is 1.59 bits per heavy atom. The topological polar surface area (TPSA) is 20.2 Å². The molecule has 0 saturated heterocycles. The second-order valence-electron chi connectivity index (χ2n) is 4.34. The van der Waals surface area contributed by atoms with Gasteiger partial charge in [-0.25, -0.2) is 0 Å². The Hall–Kier alpha value is -1.60. The molecule has 0 radical (unpaired) electrons. The normalized spacial score (nSPS) is 11.4. The molecule has 0 heterocycles. The van der Waals surface area contributed by atoms with Gasteiger partial charge in [0.15, 0.2) is 0 Å². The third-order valence-electron chi connectivity index (χ3n) is 3.11. The SMILES string of the molecule is CCCC(O)(c1ccccc1)c1ccccc1. The van der Waals surface area contributed by atoms with Crippen molar-refractivity contribution in [3.8, 4) is 0 Å². The number of hydrogen-bond acceptors (Lipinski definition) is 1. The molecule has 0 aromatic heterocycles. The first kappa shape index (κ1) is 11.9. The van der Waals surface area contributed by atoms with E-state index in [2.05, 4.69) is 6.92 Å². The summed E-state index contributed by atoms with van der Waals surface area (Å²) in [5.41, 5.74) is 1.07. The minimum atomic E-state index is -0.864. The van der Waals surface area contributed by atoms with Crippen molar-refractivity contribution in [2.75, 3.05) is 0 Å². The Labute approximate surface area is 103 Å². The molecule has 0 aliphatic heterocycles. The highest BCUT2D eigenvalue weighted by atomic mass is 16.3. The van der Waals surface area contributed by atoms with Gasteiger partial charge in [0.2, 0.25) is 0 Å². The van der Waals surface area contributed by atoms with Gasteiger partial charge >= 0.3 is 0 Å². The lowest BCUT2D eigenvalue weighted by atomic mass is 9.83. The smallest absolute Gasteiger partial charge is 0.115 e. The monoisotopic (exact) mass is 226 g/mol. The largest absolute Gasteiger partial charge is 0.380 e. The molecule has 2 aromatic carbocycles. The van der Waals surface area contributed by atoms with Crippen LogP contribution in [-0.2, 0) is 5.60 Å². The fourth-order valence-corrected chi connectivity index (χ4v) is 2.24. The molecule has 0 aliphatic rings. The second kappa shape index (κ2) is 5.15. The molecule has 0 saturated carbocycles. The zero-order valence-electron chi connectivity index (χ0n) is 10.1. The summed E-state index contributed by atoms with van der Waals surface area (Å²) in [6.45, 7) is 2.09. The first-order valence-electron chi connectivity index (χ1n) is 6.11. The van der Waals surface area contributed by atoms with Gasteiger partial charge < -0.3 is 5.11 Å². The number of rotatable bonds is 4. The summed E-state index contributed by atoms with van der Waals surface area (Å²) < 4.78 is 0. The number of hydrogen-bond donors (Lipinski definition) is 1. The van der Waals surface area contributed by atoms with Gasteiger partial charge in [-0.2, -0.15) is 0 Å². The highest BCUT2D eigenvalue weighted by Gasteiger charge is 2.29. The highest BCUT2D eigenvalue weighted by Crippen LogP contribution is 2.33.